The van der Waals surface area contributed by atoms with Gasteiger partial charge in [-0.05, 0) is 30.7 Å². The van der Waals surface area contributed by atoms with Crippen LogP contribution >= 0.6 is 0 Å². The average Bonchev–Trinajstić information content (AvgIpc) is 2.66. The molecule has 1 aliphatic rings. The summed E-state index contributed by atoms with van der Waals surface area (Å²) in [5, 5.41) is 0. The number of hydrogen-bond acceptors (Lipinski definition) is 5. The Kier molecular flexibility index (Phi) is 4.16. The molecule has 0 saturated heterocycles. The number of aromatic nitrogens is 2. The molecule has 1 amide bonds. The number of ether oxygens (including phenoxy) is 1. The maximum atomic E-state index is 12.8. The highest BCUT2D eigenvalue weighted by Gasteiger charge is 2.28. The zero-order valence-electron chi connectivity index (χ0n) is 14.8. The number of para-hydroxylation sites is 3. The minimum Gasteiger partial charge on any atom is -0.483 e. The van der Waals surface area contributed by atoms with E-state index in [1.807, 2.05) is 67.4 Å². The molecule has 2 aromatic carbocycles. The molecule has 0 N–H and O–H groups in total. The van der Waals surface area contributed by atoms with Crippen LogP contribution in [0.4, 0.5) is 11.6 Å². The highest BCUT2D eigenvalue weighted by molar-refractivity contribution is 5.98. The van der Waals surface area contributed by atoms with Gasteiger partial charge in [0.05, 0.1) is 11.0 Å². The van der Waals surface area contributed by atoms with Crippen LogP contribution in [0, 0.1) is 6.92 Å². The van der Waals surface area contributed by atoms with E-state index in [1.54, 1.807) is 4.90 Å². The van der Waals surface area contributed by atoms with Crippen LogP contribution in [0.25, 0.3) is 11.0 Å². The molecule has 132 valence electrons. The van der Waals surface area contributed by atoms with Crippen molar-refractivity contribution in [1.29, 1.82) is 0 Å². The molecular weight excluding hydrogens is 328 g/mol. The standard InChI is InChI=1S/C20H20N4O2/c1-14-7-3-6-10-17(14)26-13-18(25)24-12-11-23(2)19-20(24)22-16-9-5-4-8-15(16)21-19/h3-10H,11-13H2,1-2H3. The summed E-state index contributed by atoms with van der Waals surface area (Å²) >= 11 is 0. The molecule has 0 saturated carbocycles. The van der Waals surface area contributed by atoms with Crippen molar-refractivity contribution in [3.63, 3.8) is 0 Å². The Morgan fingerprint density at radius 2 is 1.65 bits per heavy atom. The summed E-state index contributed by atoms with van der Waals surface area (Å²) in [6, 6.07) is 15.4. The second-order valence-electron chi connectivity index (χ2n) is 6.38. The van der Waals surface area contributed by atoms with Crippen molar-refractivity contribution in [1.82, 2.24) is 9.97 Å². The third-order valence-corrected chi connectivity index (χ3v) is 4.56. The second kappa shape index (κ2) is 6.63. The van der Waals surface area contributed by atoms with Crippen molar-refractivity contribution < 1.29 is 9.53 Å². The van der Waals surface area contributed by atoms with E-state index in [0.717, 1.165) is 28.2 Å². The molecule has 3 aromatic rings. The number of nitrogens with zero attached hydrogens (tertiary/aromatic N) is 4. The highest BCUT2D eigenvalue weighted by atomic mass is 16.5. The molecular formula is C20H20N4O2. The van der Waals surface area contributed by atoms with E-state index in [-0.39, 0.29) is 12.5 Å². The lowest BCUT2D eigenvalue weighted by Crippen LogP contribution is -2.45. The van der Waals surface area contributed by atoms with E-state index in [1.165, 1.54) is 0 Å². The van der Waals surface area contributed by atoms with Gasteiger partial charge in [-0.1, -0.05) is 30.3 Å². The maximum absolute atomic E-state index is 12.8. The van der Waals surface area contributed by atoms with Gasteiger partial charge in [0.25, 0.3) is 5.91 Å². The molecule has 0 aliphatic carbocycles. The van der Waals surface area contributed by atoms with Gasteiger partial charge in [-0.25, -0.2) is 9.97 Å². The molecule has 1 aliphatic heterocycles. The fourth-order valence-electron chi connectivity index (χ4n) is 3.06. The average molecular weight is 348 g/mol. The van der Waals surface area contributed by atoms with Crippen LogP contribution in [-0.4, -0.2) is 42.6 Å². The fourth-order valence-corrected chi connectivity index (χ4v) is 3.06. The Labute approximate surface area is 152 Å². The van der Waals surface area contributed by atoms with E-state index < -0.39 is 0 Å². The minimum absolute atomic E-state index is 0.0253. The van der Waals surface area contributed by atoms with Gasteiger partial charge in [-0.15, -0.1) is 0 Å². The number of likely N-dealkylation sites (N-methyl/N-ethyl adjacent to an activating group) is 1. The lowest BCUT2D eigenvalue weighted by atomic mass is 10.2. The van der Waals surface area contributed by atoms with E-state index in [0.29, 0.717) is 18.9 Å². The fraction of sp³-hybridized carbons (Fsp3) is 0.250. The first-order chi connectivity index (χ1) is 12.6. The number of anilines is 2. The van der Waals surface area contributed by atoms with Crippen molar-refractivity contribution in [2.75, 3.05) is 36.5 Å². The van der Waals surface area contributed by atoms with Crippen molar-refractivity contribution in [2.45, 2.75) is 6.92 Å². The molecule has 0 bridgehead atoms. The number of aryl methyl sites for hydroxylation is 1. The quantitative estimate of drug-likeness (QED) is 0.728. The third-order valence-electron chi connectivity index (χ3n) is 4.56. The van der Waals surface area contributed by atoms with Gasteiger partial charge in [0, 0.05) is 20.1 Å². The number of amides is 1. The van der Waals surface area contributed by atoms with Gasteiger partial charge in [0.15, 0.2) is 18.2 Å². The second-order valence-corrected chi connectivity index (χ2v) is 6.38. The first-order valence-electron chi connectivity index (χ1n) is 8.60. The number of hydrogen-bond donors (Lipinski definition) is 0. The Balaban J connectivity index is 1.61. The number of rotatable bonds is 3. The van der Waals surface area contributed by atoms with Crippen LogP contribution in [0.5, 0.6) is 5.75 Å². The first-order valence-corrected chi connectivity index (χ1v) is 8.60. The monoisotopic (exact) mass is 348 g/mol. The zero-order chi connectivity index (χ0) is 18.1. The predicted molar refractivity (Wildman–Crippen MR) is 102 cm³/mol. The van der Waals surface area contributed by atoms with Gasteiger partial charge < -0.3 is 9.64 Å². The number of carbonyl (C=O) groups is 1. The van der Waals surface area contributed by atoms with Crippen LogP contribution in [0.3, 0.4) is 0 Å². The summed E-state index contributed by atoms with van der Waals surface area (Å²) in [4.78, 5) is 25.9. The molecule has 2 heterocycles. The molecule has 0 fully saturated rings. The van der Waals surface area contributed by atoms with Crippen LogP contribution < -0.4 is 14.5 Å². The Morgan fingerprint density at radius 3 is 2.38 bits per heavy atom. The van der Waals surface area contributed by atoms with Crippen LogP contribution in [0.1, 0.15) is 5.56 Å². The Morgan fingerprint density at radius 1 is 1.00 bits per heavy atom. The van der Waals surface area contributed by atoms with Crippen molar-refractivity contribution in [3.05, 3.63) is 54.1 Å². The number of fused-ring (bicyclic) bond motifs is 2. The van der Waals surface area contributed by atoms with Crippen LogP contribution in [0.15, 0.2) is 48.5 Å². The van der Waals surface area contributed by atoms with E-state index in [4.69, 9.17) is 9.72 Å². The summed E-state index contributed by atoms with van der Waals surface area (Å²) in [6.45, 7) is 3.20. The van der Waals surface area contributed by atoms with Crippen LogP contribution in [-0.2, 0) is 4.79 Å². The van der Waals surface area contributed by atoms with Gasteiger partial charge in [0.2, 0.25) is 0 Å². The van der Waals surface area contributed by atoms with Gasteiger partial charge in [-0.2, -0.15) is 0 Å². The van der Waals surface area contributed by atoms with Gasteiger partial charge in [0.1, 0.15) is 5.75 Å². The largest absolute Gasteiger partial charge is 0.483 e. The highest BCUT2D eigenvalue weighted by Crippen LogP contribution is 2.30. The lowest BCUT2D eigenvalue weighted by Gasteiger charge is -2.33. The predicted octanol–water partition coefficient (Wildman–Crippen LogP) is 2.80. The summed E-state index contributed by atoms with van der Waals surface area (Å²) in [5.41, 5.74) is 2.60. The van der Waals surface area contributed by atoms with Crippen LogP contribution in [0.2, 0.25) is 0 Å². The van der Waals surface area contributed by atoms with Crippen molar-refractivity contribution in [3.8, 4) is 5.75 Å². The summed E-state index contributed by atoms with van der Waals surface area (Å²) in [5.74, 6) is 1.92. The molecule has 0 unspecified atom stereocenters. The Hall–Kier alpha value is -3.15. The molecule has 0 radical (unpaired) electrons. The molecule has 26 heavy (non-hydrogen) atoms. The molecule has 6 heteroatoms. The third kappa shape index (κ3) is 2.94. The topological polar surface area (TPSA) is 58.6 Å². The molecule has 0 spiro atoms. The molecule has 4 rings (SSSR count). The zero-order valence-corrected chi connectivity index (χ0v) is 14.8. The summed E-state index contributed by atoms with van der Waals surface area (Å²) in [7, 11) is 1.97. The van der Waals surface area contributed by atoms with Crippen molar-refractivity contribution in [2.24, 2.45) is 0 Å². The molecule has 1 aromatic heterocycles. The SMILES string of the molecule is Cc1ccccc1OCC(=O)N1CCN(C)c2nc3ccccc3nc21. The number of benzene rings is 2. The summed E-state index contributed by atoms with van der Waals surface area (Å²) in [6.07, 6.45) is 0. The van der Waals surface area contributed by atoms with E-state index >= 15 is 0 Å². The van der Waals surface area contributed by atoms with Gasteiger partial charge in [-0.3, -0.25) is 9.69 Å². The van der Waals surface area contributed by atoms with Gasteiger partial charge >= 0.3 is 0 Å². The smallest absolute Gasteiger partial charge is 0.266 e. The van der Waals surface area contributed by atoms with Crippen molar-refractivity contribution >= 4 is 28.6 Å². The molecule has 6 nitrogen and oxygen atoms in total. The number of carbonyl (C=O) groups excluding carboxylic acids is 1. The molecule has 0 atom stereocenters. The van der Waals surface area contributed by atoms with E-state index in [9.17, 15) is 4.79 Å². The minimum atomic E-state index is -0.118. The first kappa shape index (κ1) is 16.3. The Bertz CT molecular complexity index is 973. The maximum Gasteiger partial charge on any atom is 0.266 e. The summed E-state index contributed by atoms with van der Waals surface area (Å²) < 4.78 is 5.73. The lowest BCUT2D eigenvalue weighted by molar-refractivity contribution is -0.120. The normalized spacial score (nSPS) is 13.6. The van der Waals surface area contributed by atoms with E-state index in [2.05, 4.69) is 4.98 Å².